The lowest BCUT2D eigenvalue weighted by Gasteiger charge is -2.30. The number of nitrogens with one attached hydrogen (secondary N) is 1. The Hall–Kier alpha value is -0.910. The van der Waals surface area contributed by atoms with Crippen molar-refractivity contribution in [2.75, 3.05) is 26.3 Å². The second kappa shape index (κ2) is 7.57. The Bertz CT molecular complexity index is 473. The van der Waals surface area contributed by atoms with Gasteiger partial charge in [0.1, 0.15) is 0 Å². The number of hydrogen-bond donors (Lipinski definition) is 1. The van der Waals surface area contributed by atoms with Crippen LogP contribution in [0.3, 0.4) is 0 Å². The fraction of sp³-hybridized carbons (Fsp3) is 0.706. The number of ether oxygens (including phenoxy) is 1. The number of carbonyl (C=O) groups excluding carboxylic acids is 1. The van der Waals surface area contributed by atoms with Crippen molar-refractivity contribution in [3.05, 3.63) is 22.4 Å². The maximum atomic E-state index is 12.1. The molecule has 3 rings (SSSR count). The van der Waals surface area contributed by atoms with Crippen molar-refractivity contribution in [2.24, 2.45) is 11.8 Å². The molecule has 1 N–H and O–H groups in total. The summed E-state index contributed by atoms with van der Waals surface area (Å²) >= 11 is 1.80. The Morgan fingerprint density at radius 2 is 2.36 bits per heavy atom. The lowest BCUT2D eigenvalue weighted by atomic mass is 9.96. The van der Waals surface area contributed by atoms with Gasteiger partial charge in [0, 0.05) is 42.9 Å². The predicted molar refractivity (Wildman–Crippen MR) is 88.9 cm³/mol. The average Bonchev–Trinajstić information content (AvgIpc) is 3.23. The minimum Gasteiger partial charge on any atom is -0.380 e. The predicted octanol–water partition coefficient (Wildman–Crippen LogP) is 2.50. The maximum Gasteiger partial charge on any atom is 0.220 e. The summed E-state index contributed by atoms with van der Waals surface area (Å²) in [4.78, 5) is 16.0. The van der Waals surface area contributed by atoms with Crippen LogP contribution in [0.15, 0.2) is 17.5 Å². The van der Waals surface area contributed by atoms with Crippen molar-refractivity contribution in [3.8, 4) is 0 Å². The number of thiophene rings is 1. The third kappa shape index (κ3) is 4.54. The molecule has 1 aliphatic heterocycles. The first-order valence-corrected chi connectivity index (χ1v) is 9.21. The van der Waals surface area contributed by atoms with E-state index in [0.29, 0.717) is 19.1 Å². The van der Waals surface area contributed by atoms with E-state index in [9.17, 15) is 4.79 Å². The van der Waals surface area contributed by atoms with Crippen LogP contribution in [0.1, 0.15) is 31.1 Å². The molecule has 1 aliphatic carbocycles. The molecule has 0 spiro atoms. The van der Waals surface area contributed by atoms with Gasteiger partial charge in [-0.25, -0.2) is 0 Å². The first-order chi connectivity index (χ1) is 10.7. The molecule has 0 radical (unpaired) electrons. The van der Waals surface area contributed by atoms with Gasteiger partial charge in [-0.15, -0.1) is 11.3 Å². The molecule has 22 heavy (non-hydrogen) atoms. The third-order valence-electron chi connectivity index (χ3n) is 4.78. The number of rotatable bonds is 6. The Kier molecular flexibility index (Phi) is 5.50. The van der Waals surface area contributed by atoms with E-state index < -0.39 is 0 Å². The summed E-state index contributed by atoms with van der Waals surface area (Å²) in [6, 6.07) is 4.65. The maximum absolute atomic E-state index is 12.1. The van der Waals surface area contributed by atoms with Gasteiger partial charge in [-0.1, -0.05) is 6.07 Å². The van der Waals surface area contributed by atoms with Gasteiger partial charge in [0.25, 0.3) is 0 Å². The zero-order chi connectivity index (χ0) is 15.4. The molecule has 2 aliphatic rings. The van der Waals surface area contributed by atoms with Crippen molar-refractivity contribution < 1.29 is 9.53 Å². The van der Waals surface area contributed by atoms with E-state index in [4.69, 9.17) is 4.74 Å². The van der Waals surface area contributed by atoms with E-state index in [1.54, 1.807) is 11.3 Å². The van der Waals surface area contributed by atoms with Gasteiger partial charge in [0.15, 0.2) is 0 Å². The Morgan fingerprint density at radius 1 is 1.50 bits per heavy atom. The smallest absolute Gasteiger partial charge is 0.220 e. The highest BCUT2D eigenvalue weighted by Gasteiger charge is 2.29. The fourth-order valence-electron chi connectivity index (χ4n) is 3.00. The van der Waals surface area contributed by atoms with Gasteiger partial charge in [-0.3, -0.25) is 9.69 Å². The second-order valence-corrected chi connectivity index (χ2v) is 7.61. The highest BCUT2D eigenvalue weighted by Crippen LogP contribution is 2.28. The minimum atomic E-state index is 0.185. The number of hydrogen-bond acceptors (Lipinski definition) is 4. The van der Waals surface area contributed by atoms with Gasteiger partial charge in [0.2, 0.25) is 5.91 Å². The Labute approximate surface area is 136 Å². The van der Waals surface area contributed by atoms with Crippen molar-refractivity contribution in [1.82, 2.24) is 10.2 Å². The zero-order valence-corrected chi connectivity index (χ0v) is 14.1. The molecule has 2 atom stereocenters. The molecule has 2 fully saturated rings. The average molecular weight is 322 g/mol. The molecule has 4 nitrogen and oxygen atoms in total. The quantitative estimate of drug-likeness (QED) is 0.875. The Morgan fingerprint density at radius 3 is 3.09 bits per heavy atom. The van der Waals surface area contributed by atoms with Crippen molar-refractivity contribution >= 4 is 17.2 Å². The molecule has 0 unspecified atom stereocenters. The van der Waals surface area contributed by atoms with Crippen LogP contribution in [-0.2, 0) is 16.1 Å². The van der Waals surface area contributed by atoms with E-state index in [1.165, 1.54) is 17.7 Å². The van der Waals surface area contributed by atoms with E-state index in [-0.39, 0.29) is 11.8 Å². The molecule has 1 saturated heterocycles. The van der Waals surface area contributed by atoms with Crippen LogP contribution in [0.5, 0.6) is 0 Å². The first-order valence-electron chi connectivity index (χ1n) is 8.33. The molecule has 1 amide bonds. The summed E-state index contributed by atoms with van der Waals surface area (Å²) in [5, 5.41) is 5.20. The lowest BCUT2D eigenvalue weighted by Crippen LogP contribution is -2.40. The van der Waals surface area contributed by atoms with Gasteiger partial charge in [-0.05, 0) is 37.1 Å². The van der Waals surface area contributed by atoms with Crippen molar-refractivity contribution in [1.29, 1.82) is 0 Å². The van der Waals surface area contributed by atoms with Gasteiger partial charge >= 0.3 is 0 Å². The van der Waals surface area contributed by atoms with Gasteiger partial charge in [0.05, 0.1) is 13.2 Å². The van der Waals surface area contributed by atoms with Gasteiger partial charge < -0.3 is 10.1 Å². The monoisotopic (exact) mass is 322 g/mol. The fourth-order valence-corrected chi connectivity index (χ4v) is 3.73. The summed E-state index contributed by atoms with van der Waals surface area (Å²) < 4.78 is 5.75. The largest absolute Gasteiger partial charge is 0.380 e. The van der Waals surface area contributed by atoms with Crippen LogP contribution < -0.4 is 5.32 Å². The topological polar surface area (TPSA) is 41.6 Å². The van der Waals surface area contributed by atoms with Crippen molar-refractivity contribution in [2.45, 2.75) is 38.8 Å². The molecule has 1 saturated carbocycles. The first kappa shape index (κ1) is 16.0. The Balaban J connectivity index is 1.53. The van der Waals surface area contributed by atoms with Crippen LogP contribution in [0.4, 0.5) is 0 Å². The number of carbonyl (C=O) groups is 1. The minimum absolute atomic E-state index is 0.185. The molecule has 2 heterocycles. The van der Waals surface area contributed by atoms with Crippen molar-refractivity contribution in [3.63, 3.8) is 0 Å². The zero-order valence-electron chi connectivity index (χ0n) is 13.3. The van der Waals surface area contributed by atoms with E-state index in [2.05, 4.69) is 34.7 Å². The summed E-state index contributed by atoms with van der Waals surface area (Å²) in [6.07, 6.45) is 3.13. The van der Waals surface area contributed by atoms with Crippen LogP contribution in [-0.4, -0.2) is 43.2 Å². The van der Waals surface area contributed by atoms with E-state index in [0.717, 1.165) is 32.2 Å². The third-order valence-corrected chi connectivity index (χ3v) is 5.65. The van der Waals surface area contributed by atoms with E-state index >= 15 is 0 Å². The van der Waals surface area contributed by atoms with E-state index in [1.807, 2.05) is 0 Å². The standard InChI is InChI=1S/C17H26N2O2S/c1-13-15(9-17(20)18-10-14-4-5-14)12-21-7-6-19(13)11-16-3-2-8-22-16/h2-3,8,13-15H,4-7,9-12H2,1H3,(H,18,20)/t13-,15+/m1/s1. The molecule has 0 bridgehead atoms. The summed E-state index contributed by atoms with van der Waals surface area (Å²) in [6.45, 7) is 6.46. The molecular formula is C17H26N2O2S. The van der Waals surface area contributed by atoms with Crippen LogP contribution >= 0.6 is 11.3 Å². The molecule has 122 valence electrons. The molecule has 0 aromatic carbocycles. The molecule has 1 aromatic heterocycles. The molecule has 5 heteroatoms. The number of nitrogens with zero attached hydrogens (tertiary/aromatic N) is 1. The molecular weight excluding hydrogens is 296 g/mol. The normalized spacial score (nSPS) is 26.6. The summed E-state index contributed by atoms with van der Waals surface area (Å²) in [5.41, 5.74) is 0. The van der Waals surface area contributed by atoms with Gasteiger partial charge in [-0.2, -0.15) is 0 Å². The summed E-state index contributed by atoms with van der Waals surface area (Å²) in [7, 11) is 0. The SMILES string of the molecule is C[C@@H]1[C@@H](CC(=O)NCC2CC2)COCCN1Cc1cccs1. The summed E-state index contributed by atoms with van der Waals surface area (Å²) in [5.74, 6) is 1.20. The van der Waals surface area contributed by atoms with Crippen LogP contribution in [0, 0.1) is 11.8 Å². The highest BCUT2D eigenvalue weighted by molar-refractivity contribution is 7.09. The molecule has 1 aromatic rings. The second-order valence-electron chi connectivity index (χ2n) is 6.58. The van der Waals surface area contributed by atoms with Crippen LogP contribution in [0.2, 0.25) is 0 Å². The van der Waals surface area contributed by atoms with Crippen LogP contribution in [0.25, 0.3) is 0 Å². The lowest BCUT2D eigenvalue weighted by molar-refractivity contribution is -0.122. The highest BCUT2D eigenvalue weighted by atomic mass is 32.1. The number of amides is 1.